The minimum absolute atomic E-state index is 0.174. The van der Waals surface area contributed by atoms with E-state index in [1.54, 1.807) is 24.3 Å². The van der Waals surface area contributed by atoms with Crippen molar-refractivity contribution in [1.29, 1.82) is 0 Å². The largest absolute Gasteiger partial charge is 0.345 e. The van der Waals surface area contributed by atoms with Gasteiger partial charge in [0.25, 0.3) is 17.7 Å². The summed E-state index contributed by atoms with van der Waals surface area (Å²) in [7, 11) is 0. The van der Waals surface area contributed by atoms with Crippen LogP contribution in [-0.4, -0.2) is 27.3 Å². The van der Waals surface area contributed by atoms with Crippen molar-refractivity contribution < 1.29 is 14.4 Å². The van der Waals surface area contributed by atoms with Gasteiger partial charge in [0.15, 0.2) is 0 Å². The van der Waals surface area contributed by atoms with Crippen LogP contribution < -0.4 is 10.2 Å². The highest BCUT2D eigenvalue weighted by Gasteiger charge is 2.38. The molecule has 0 aliphatic carbocycles. The lowest BCUT2D eigenvalue weighted by molar-refractivity contribution is 0.0923. The van der Waals surface area contributed by atoms with Crippen molar-refractivity contribution in [3.8, 4) is 0 Å². The molecule has 0 saturated carbocycles. The average molecular weight is 459 g/mol. The minimum Gasteiger partial charge on any atom is -0.345 e. The summed E-state index contributed by atoms with van der Waals surface area (Å²) < 4.78 is 2.04. The van der Waals surface area contributed by atoms with Crippen LogP contribution in [0.25, 0.3) is 11.0 Å². The number of fused-ring (bicyclic) bond motifs is 2. The van der Waals surface area contributed by atoms with Crippen molar-refractivity contribution >= 4 is 46.0 Å². The minimum atomic E-state index is -0.509. The lowest BCUT2D eigenvalue weighted by Crippen LogP contribution is -2.29. The van der Waals surface area contributed by atoms with Crippen LogP contribution in [-0.2, 0) is 13.1 Å². The first-order chi connectivity index (χ1) is 16.0. The van der Waals surface area contributed by atoms with E-state index in [2.05, 4.69) is 10.3 Å². The highest BCUT2D eigenvalue weighted by atomic mass is 35.5. The van der Waals surface area contributed by atoms with Gasteiger partial charge >= 0.3 is 0 Å². The monoisotopic (exact) mass is 458 g/mol. The van der Waals surface area contributed by atoms with E-state index in [-0.39, 0.29) is 29.1 Å². The molecule has 0 radical (unpaired) electrons. The molecule has 2 heterocycles. The predicted octanol–water partition coefficient (Wildman–Crippen LogP) is 4.44. The third kappa shape index (κ3) is 3.47. The Bertz CT molecular complexity index is 1440. The van der Waals surface area contributed by atoms with E-state index in [1.165, 1.54) is 18.2 Å². The van der Waals surface area contributed by atoms with Gasteiger partial charge in [-0.05, 0) is 49.4 Å². The number of nitrogens with one attached hydrogen (secondary N) is 1. The summed E-state index contributed by atoms with van der Waals surface area (Å²) in [5.74, 6) is -0.592. The number of para-hydroxylation sites is 3. The van der Waals surface area contributed by atoms with Crippen LogP contribution in [0.5, 0.6) is 0 Å². The Balaban J connectivity index is 1.39. The van der Waals surface area contributed by atoms with Crippen molar-refractivity contribution in [2.45, 2.75) is 20.0 Å². The van der Waals surface area contributed by atoms with Crippen LogP contribution in [0.3, 0.4) is 0 Å². The third-order valence-electron chi connectivity index (χ3n) is 5.70. The molecule has 164 valence electrons. The molecule has 5 rings (SSSR count). The summed E-state index contributed by atoms with van der Waals surface area (Å²) in [6, 6.07) is 18.9. The number of hydrogen-bond acceptors (Lipinski definition) is 4. The molecule has 7 nitrogen and oxygen atoms in total. The van der Waals surface area contributed by atoms with Crippen LogP contribution in [0.4, 0.5) is 5.69 Å². The molecule has 0 unspecified atom stereocenters. The van der Waals surface area contributed by atoms with Crippen molar-refractivity contribution in [3.63, 3.8) is 0 Å². The maximum atomic E-state index is 13.0. The number of anilines is 1. The Morgan fingerprint density at radius 1 is 0.970 bits per heavy atom. The number of imide groups is 1. The Kier molecular flexibility index (Phi) is 5.18. The molecule has 1 aromatic heterocycles. The number of carbonyl (C=O) groups excluding carboxylic acids is 3. The maximum absolute atomic E-state index is 13.0. The van der Waals surface area contributed by atoms with Gasteiger partial charge in [-0.25, -0.2) is 9.88 Å². The maximum Gasteiger partial charge on any atom is 0.266 e. The molecule has 0 atom stereocenters. The fraction of sp³-hybridized carbons (Fsp3) is 0.120. The second-order valence-corrected chi connectivity index (χ2v) is 8.01. The number of imidazole rings is 1. The van der Waals surface area contributed by atoms with Crippen LogP contribution in [0.15, 0.2) is 66.7 Å². The van der Waals surface area contributed by atoms with Gasteiger partial charge < -0.3 is 9.88 Å². The highest BCUT2D eigenvalue weighted by molar-refractivity contribution is 6.39. The predicted molar refractivity (Wildman–Crippen MR) is 126 cm³/mol. The van der Waals surface area contributed by atoms with E-state index in [0.29, 0.717) is 10.7 Å². The van der Waals surface area contributed by atoms with E-state index >= 15 is 0 Å². The molecule has 1 aliphatic rings. The fourth-order valence-electron chi connectivity index (χ4n) is 4.11. The normalized spacial score (nSPS) is 13.0. The molecular weight excluding hydrogens is 440 g/mol. The number of nitrogens with zero attached hydrogens (tertiary/aromatic N) is 3. The molecule has 0 fully saturated rings. The van der Waals surface area contributed by atoms with E-state index in [1.807, 2.05) is 35.8 Å². The zero-order valence-electron chi connectivity index (χ0n) is 17.7. The molecule has 1 N–H and O–H groups in total. The summed E-state index contributed by atoms with van der Waals surface area (Å²) in [6.45, 7) is 2.98. The summed E-state index contributed by atoms with van der Waals surface area (Å²) in [4.78, 5) is 44.3. The molecule has 3 amide bonds. The van der Waals surface area contributed by atoms with Crippen molar-refractivity contribution in [3.05, 3.63) is 94.3 Å². The smallest absolute Gasteiger partial charge is 0.266 e. The Morgan fingerprint density at radius 2 is 1.70 bits per heavy atom. The quantitative estimate of drug-likeness (QED) is 0.448. The Morgan fingerprint density at radius 3 is 2.48 bits per heavy atom. The molecule has 3 aromatic carbocycles. The van der Waals surface area contributed by atoms with Crippen molar-refractivity contribution in [2.75, 3.05) is 4.90 Å². The van der Waals surface area contributed by atoms with Gasteiger partial charge in [0.05, 0.1) is 39.4 Å². The molecule has 1 aliphatic heterocycles. The van der Waals surface area contributed by atoms with Gasteiger partial charge in [0.1, 0.15) is 5.82 Å². The molecule has 0 spiro atoms. The first kappa shape index (κ1) is 20.9. The molecule has 33 heavy (non-hydrogen) atoms. The molecular formula is C25H19ClN4O3. The van der Waals surface area contributed by atoms with Gasteiger partial charge in [-0.1, -0.05) is 35.9 Å². The molecule has 0 bridgehead atoms. The third-order valence-corrected chi connectivity index (χ3v) is 6.02. The van der Waals surface area contributed by atoms with Crippen LogP contribution in [0, 0.1) is 0 Å². The van der Waals surface area contributed by atoms with Crippen LogP contribution in [0.2, 0.25) is 5.02 Å². The molecule has 8 heteroatoms. The van der Waals surface area contributed by atoms with E-state index in [0.717, 1.165) is 28.3 Å². The van der Waals surface area contributed by atoms with Gasteiger partial charge in [-0.2, -0.15) is 0 Å². The van der Waals surface area contributed by atoms with Gasteiger partial charge in [-0.3, -0.25) is 14.4 Å². The summed E-state index contributed by atoms with van der Waals surface area (Å²) in [5, 5.41) is 3.16. The average Bonchev–Trinajstić information content (AvgIpc) is 3.32. The second kappa shape index (κ2) is 8.18. The van der Waals surface area contributed by atoms with E-state index in [4.69, 9.17) is 11.6 Å². The fourth-order valence-corrected chi connectivity index (χ4v) is 4.33. The Labute approximate surface area is 194 Å². The number of aryl methyl sites for hydroxylation is 1. The lowest BCUT2D eigenvalue weighted by atomic mass is 10.1. The summed E-state index contributed by atoms with van der Waals surface area (Å²) >= 11 is 6.19. The summed E-state index contributed by atoms with van der Waals surface area (Å²) in [6.07, 6.45) is 0. The van der Waals surface area contributed by atoms with E-state index in [9.17, 15) is 14.4 Å². The number of hydrogen-bond donors (Lipinski definition) is 1. The summed E-state index contributed by atoms with van der Waals surface area (Å²) in [5.41, 5.74) is 2.89. The van der Waals surface area contributed by atoms with Crippen molar-refractivity contribution in [2.24, 2.45) is 0 Å². The lowest BCUT2D eigenvalue weighted by Gasteiger charge is -2.15. The Hall–Kier alpha value is -3.97. The zero-order chi connectivity index (χ0) is 23.1. The standard InChI is InChI=1S/C25H19ClN4O3/c1-2-29-21-10-6-4-8-19(21)28-22(29)14-27-23(31)15-11-12-16-17(13-15)25(33)30(24(16)32)20-9-5-3-7-18(20)26/h3-13H,2,14H2,1H3,(H,27,31). The number of rotatable bonds is 5. The van der Waals surface area contributed by atoms with E-state index < -0.39 is 11.8 Å². The van der Waals surface area contributed by atoms with Crippen LogP contribution >= 0.6 is 11.6 Å². The number of carbonyl (C=O) groups is 3. The topological polar surface area (TPSA) is 84.3 Å². The SMILES string of the molecule is CCn1c(CNC(=O)c2ccc3c(c2)C(=O)N(c2ccccc2Cl)C3=O)nc2ccccc21. The highest BCUT2D eigenvalue weighted by Crippen LogP contribution is 2.33. The number of amides is 3. The van der Waals surface area contributed by atoms with Gasteiger partial charge in [-0.15, -0.1) is 0 Å². The second-order valence-electron chi connectivity index (χ2n) is 7.60. The number of aromatic nitrogens is 2. The zero-order valence-corrected chi connectivity index (χ0v) is 18.5. The van der Waals surface area contributed by atoms with Gasteiger partial charge in [0, 0.05) is 12.1 Å². The van der Waals surface area contributed by atoms with Crippen LogP contribution in [0.1, 0.15) is 43.8 Å². The molecule has 4 aromatic rings. The van der Waals surface area contributed by atoms with Gasteiger partial charge in [0.2, 0.25) is 0 Å². The number of benzene rings is 3. The first-order valence-corrected chi connectivity index (χ1v) is 10.9. The first-order valence-electron chi connectivity index (χ1n) is 10.5. The van der Waals surface area contributed by atoms with Crippen molar-refractivity contribution in [1.82, 2.24) is 14.9 Å². The number of halogens is 1. The molecule has 0 saturated heterocycles.